The number of nitrogens with zero attached hydrogens (tertiary/aromatic N) is 1. The lowest BCUT2D eigenvalue weighted by Crippen LogP contribution is -2.12. The van der Waals surface area contributed by atoms with E-state index in [1.807, 2.05) is 19.2 Å². The maximum atomic E-state index is 13.7. The fourth-order valence-electron chi connectivity index (χ4n) is 2.66. The van der Waals surface area contributed by atoms with Gasteiger partial charge < -0.3 is 10.0 Å². The van der Waals surface area contributed by atoms with Gasteiger partial charge in [-0.3, -0.25) is 0 Å². The van der Waals surface area contributed by atoms with Crippen LogP contribution in [0.2, 0.25) is 0 Å². The SMILES string of the molecule is CN1CCc2cc(C(O)c3cc(F)ccc3F)ccc21. The predicted octanol–water partition coefficient (Wildman–Crippen LogP) is 3.04. The van der Waals surface area contributed by atoms with Crippen LogP contribution < -0.4 is 4.90 Å². The molecule has 0 saturated carbocycles. The number of hydrogen-bond donors (Lipinski definition) is 1. The van der Waals surface area contributed by atoms with Crippen molar-refractivity contribution in [3.05, 3.63) is 64.7 Å². The Balaban J connectivity index is 1.99. The summed E-state index contributed by atoms with van der Waals surface area (Å²) < 4.78 is 26.9. The molecular formula is C16H15F2NO. The highest BCUT2D eigenvalue weighted by Gasteiger charge is 2.20. The summed E-state index contributed by atoms with van der Waals surface area (Å²) in [4.78, 5) is 2.13. The Morgan fingerprint density at radius 1 is 1.15 bits per heavy atom. The summed E-state index contributed by atoms with van der Waals surface area (Å²) in [5.41, 5.74) is 2.81. The molecule has 1 aliphatic heterocycles. The summed E-state index contributed by atoms with van der Waals surface area (Å²) in [6.07, 6.45) is -0.250. The highest BCUT2D eigenvalue weighted by atomic mass is 19.1. The molecule has 0 bridgehead atoms. The smallest absolute Gasteiger partial charge is 0.129 e. The van der Waals surface area contributed by atoms with Crippen molar-refractivity contribution in [3.63, 3.8) is 0 Å². The first-order valence-corrected chi connectivity index (χ1v) is 6.53. The van der Waals surface area contributed by atoms with Gasteiger partial charge in [0.15, 0.2) is 0 Å². The van der Waals surface area contributed by atoms with Gasteiger partial charge in [0.05, 0.1) is 0 Å². The van der Waals surface area contributed by atoms with Crippen LogP contribution in [0, 0.1) is 11.6 Å². The van der Waals surface area contributed by atoms with E-state index >= 15 is 0 Å². The lowest BCUT2D eigenvalue weighted by atomic mass is 9.98. The molecule has 1 N–H and O–H groups in total. The molecule has 2 aromatic carbocycles. The molecule has 0 aliphatic carbocycles. The third-order valence-corrected chi connectivity index (χ3v) is 3.80. The molecule has 1 atom stereocenters. The second-order valence-corrected chi connectivity index (χ2v) is 5.13. The lowest BCUT2D eigenvalue weighted by Gasteiger charge is -2.15. The zero-order valence-corrected chi connectivity index (χ0v) is 11.1. The first-order valence-electron chi connectivity index (χ1n) is 6.53. The van der Waals surface area contributed by atoms with Crippen LogP contribution in [-0.2, 0) is 6.42 Å². The number of halogens is 2. The van der Waals surface area contributed by atoms with Gasteiger partial charge in [-0.25, -0.2) is 8.78 Å². The molecule has 0 saturated heterocycles. The van der Waals surface area contributed by atoms with Gasteiger partial charge in [0.1, 0.15) is 17.7 Å². The number of benzene rings is 2. The van der Waals surface area contributed by atoms with E-state index in [0.29, 0.717) is 5.56 Å². The number of fused-ring (bicyclic) bond motifs is 1. The zero-order chi connectivity index (χ0) is 14.3. The van der Waals surface area contributed by atoms with Crippen LogP contribution in [0.3, 0.4) is 0 Å². The number of rotatable bonds is 2. The molecule has 1 aliphatic rings. The Morgan fingerprint density at radius 3 is 2.75 bits per heavy atom. The van der Waals surface area contributed by atoms with Gasteiger partial charge in [-0.05, 0) is 41.8 Å². The standard InChI is InChI=1S/C16H15F2NO/c1-19-7-6-10-8-11(2-5-15(10)19)16(20)13-9-12(17)3-4-14(13)18/h2-5,8-9,16,20H,6-7H2,1H3. The predicted molar refractivity (Wildman–Crippen MR) is 73.8 cm³/mol. The van der Waals surface area contributed by atoms with Crippen molar-refractivity contribution in [2.75, 3.05) is 18.5 Å². The van der Waals surface area contributed by atoms with E-state index in [1.165, 1.54) is 0 Å². The monoisotopic (exact) mass is 275 g/mol. The van der Waals surface area contributed by atoms with Crippen molar-refractivity contribution in [2.24, 2.45) is 0 Å². The second kappa shape index (κ2) is 4.87. The Labute approximate surface area is 116 Å². The van der Waals surface area contributed by atoms with E-state index in [9.17, 15) is 13.9 Å². The Kier molecular flexibility index (Phi) is 3.18. The largest absolute Gasteiger partial charge is 0.384 e. The Bertz CT molecular complexity index is 657. The number of hydrogen-bond acceptors (Lipinski definition) is 2. The maximum Gasteiger partial charge on any atom is 0.129 e. The van der Waals surface area contributed by atoms with Gasteiger partial charge in [0, 0.05) is 24.8 Å². The Morgan fingerprint density at radius 2 is 1.95 bits per heavy atom. The number of aliphatic hydroxyl groups is 1. The fourth-order valence-corrected chi connectivity index (χ4v) is 2.66. The van der Waals surface area contributed by atoms with Crippen LogP contribution in [0.1, 0.15) is 22.8 Å². The third-order valence-electron chi connectivity index (χ3n) is 3.80. The van der Waals surface area contributed by atoms with Crippen LogP contribution in [0.4, 0.5) is 14.5 Å². The molecule has 0 radical (unpaired) electrons. The average molecular weight is 275 g/mol. The molecule has 1 heterocycles. The second-order valence-electron chi connectivity index (χ2n) is 5.13. The Hall–Kier alpha value is -1.94. The average Bonchev–Trinajstić information content (AvgIpc) is 2.82. The summed E-state index contributed by atoms with van der Waals surface area (Å²) in [6.45, 7) is 0.934. The molecule has 0 aromatic heterocycles. The molecule has 0 amide bonds. The van der Waals surface area contributed by atoms with Crippen molar-refractivity contribution in [2.45, 2.75) is 12.5 Å². The first kappa shape index (κ1) is 13.1. The summed E-state index contributed by atoms with van der Waals surface area (Å²) in [7, 11) is 2.01. The van der Waals surface area contributed by atoms with Crippen molar-refractivity contribution in [3.8, 4) is 0 Å². The highest BCUT2D eigenvalue weighted by Crippen LogP contribution is 2.32. The molecule has 0 spiro atoms. The molecular weight excluding hydrogens is 260 g/mol. The molecule has 2 nitrogen and oxygen atoms in total. The van der Waals surface area contributed by atoms with Crippen LogP contribution >= 0.6 is 0 Å². The van der Waals surface area contributed by atoms with E-state index in [4.69, 9.17) is 0 Å². The minimum Gasteiger partial charge on any atom is -0.384 e. The molecule has 1 unspecified atom stereocenters. The molecule has 104 valence electrons. The molecule has 4 heteroatoms. The number of likely N-dealkylation sites (N-methyl/N-ethyl adjacent to an activating group) is 1. The van der Waals surface area contributed by atoms with Crippen molar-refractivity contribution >= 4 is 5.69 Å². The van der Waals surface area contributed by atoms with Crippen LogP contribution in [0.5, 0.6) is 0 Å². The summed E-state index contributed by atoms with van der Waals surface area (Å²) in [6, 6.07) is 8.67. The minimum atomic E-state index is -1.15. The molecule has 3 rings (SSSR count). The number of aliphatic hydroxyl groups excluding tert-OH is 1. The summed E-state index contributed by atoms with van der Waals surface area (Å²) >= 11 is 0. The summed E-state index contributed by atoms with van der Waals surface area (Å²) in [5.74, 6) is -1.15. The fraction of sp³-hybridized carbons (Fsp3) is 0.250. The van der Waals surface area contributed by atoms with Crippen LogP contribution in [-0.4, -0.2) is 18.7 Å². The van der Waals surface area contributed by atoms with E-state index in [-0.39, 0.29) is 5.56 Å². The lowest BCUT2D eigenvalue weighted by molar-refractivity contribution is 0.214. The van der Waals surface area contributed by atoms with Crippen molar-refractivity contribution < 1.29 is 13.9 Å². The van der Waals surface area contributed by atoms with Gasteiger partial charge in [-0.15, -0.1) is 0 Å². The van der Waals surface area contributed by atoms with Gasteiger partial charge in [-0.2, -0.15) is 0 Å². The topological polar surface area (TPSA) is 23.5 Å². The van der Waals surface area contributed by atoms with Gasteiger partial charge in [-0.1, -0.05) is 12.1 Å². The number of anilines is 1. The van der Waals surface area contributed by atoms with Crippen LogP contribution in [0.25, 0.3) is 0 Å². The molecule has 2 aromatic rings. The van der Waals surface area contributed by atoms with Crippen molar-refractivity contribution in [1.82, 2.24) is 0 Å². The van der Waals surface area contributed by atoms with Gasteiger partial charge >= 0.3 is 0 Å². The molecule has 0 fully saturated rings. The highest BCUT2D eigenvalue weighted by molar-refractivity contribution is 5.59. The van der Waals surface area contributed by atoms with Gasteiger partial charge in [0.2, 0.25) is 0 Å². The minimum absolute atomic E-state index is 0.0312. The quantitative estimate of drug-likeness (QED) is 0.910. The maximum absolute atomic E-state index is 13.7. The third kappa shape index (κ3) is 2.16. The van der Waals surface area contributed by atoms with Gasteiger partial charge in [0.25, 0.3) is 0 Å². The normalized spacial score (nSPS) is 15.3. The van der Waals surface area contributed by atoms with E-state index in [0.717, 1.165) is 42.4 Å². The van der Waals surface area contributed by atoms with Crippen molar-refractivity contribution in [1.29, 1.82) is 0 Å². The van der Waals surface area contributed by atoms with E-state index in [1.54, 1.807) is 6.07 Å². The van der Waals surface area contributed by atoms with Crippen LogP contribution in [0.15, 0.2) is 36.4 Å². The van der Waals surface area contributed by atoms with E-state index < -0.39 is 17.7 Å². The summed E-state index contributed by atoms with van der Waals surface area (Å²) in [5, 5.41) is 10.3. The van der Waals surface area contributed by atoms with E-state index in [2.05, 4.69) is 4.90 Å². The zero-order valence-electron chi connectivity index (χ0n) is 11.1. The first-order chi connectivity index (χ1) is 9.56. The molecule has 20 heavy (non-hydrogen) atoms.